The summed E-state index contributed by atoms with van der Waals surface area (Å²) in [7, 11) is 1.26. The molecule has 124 valence electrons. The highest BCUT2D eigenvalue weighted by atomic mass is 127. The quantitative estimate of drug-likeness (QED) is 0.438. The molecule has 0 aromatic heterocycles. The molecule has 1 N–H and O–H groups in total. The number of methoxy groups -OCH3 is 1. The molecule has 24 heavy (non-hydrogen) atoms. The van der Waals surface area contributed by atoms with Crippen LogP contribution in [0.1, 0.15) is 11.1 Å². The van der Waals surface area contributed by atoms with Crippen LogP contribution in [0.3, 0.4) is 0 Å². The maximum Gasteiger partial charge on any atom is 0.412 e. The number of amides is 1. The van der Waals surface area contributed by atoms with Crippen molar-refractivity contribution in [2.45, 2.75) is 6.61 Å². The topological polar surface area (TPSA) is 64.6 Å². The van der Waals surface area contributed by atoms with E-state index in [1.54, 1.807) is 0 Å². The first-order valence-corrected chi connectivity index (χ1v) is 8.21. The molecule has 5 nitrogen and oxygen atoms in total. The Morgan fingerprint density at radius 3 is 2.17 bits per heavy atom. The highest BCUT2D eigenvalue weighted by Gasteiger charge is 2.19. The molecule has 6 heteroatoms. The third-order valence-corrected chi connectivity index (χ3v) is 4.24. The average Bonchev–Trinajstić information content (AvgIpc) is 2.65. The van der Waals surface area contributed by atoms with E-state index >= 15 is 0 Å². The van der Waals surface area contributed by atoms with E-state index < -0.39 is 12.1 Å². The van der Waals surface area contributed by atoms with E-state index in [1.165, 1.54) is 7.11 Å². The summed E-state index contributed by atoms with van der Waals surface area (Å²) in [6, 6.07) is 18.5. The Labute approximate surface area is 153 Å². The van der Waals surface area contributed by atoms with Crippen molar-refractivity contribution in [2.75, 3.05) is 7.11 Å². The summed E-state index contributed by atoms with van der Waals surface area (Å²) in [5.74, 6) is -0.639. The number of carbonyl (C=O) groups is 2. The molecule has 0 unspecified atom stereocenters. The number of benzene rings is 2. The average molecular weight is 437 g/mol. The largest absolute Gasteiger partial charge is 0.464 e. The minimum absolute atomic E-state index is 0.0439. The molecule has 2 aromatic rings. The van der Waals surface area contributed by atoms with Crippen LogP contribution >= 0.6 is 22.6 Å². The fourth-order valence-electron chi connectivity index (χ4n) is 1.89. The lowest BCUT2D eigenvalue weighted by molar-refractivity contribution is -0.136. The van der Waals surface area contributed by atoms with E-state index in [-0.39, 0.29) is 12.3 Å². The lowest BCUT2D eigenvalue weighted by Crippen LogP contribution is -2.29. The van der Waals surface area contributed by atoms with Crippen LogP contribution in [0.25, 0.3) is 3.58 Å². The van der Waals surface area contributed by atoms with Crippen molar-refractivity contribution in [1.82, 2.24) is 5.32 Å². The van der Waals surface area contributed by atoms with E-state index in [4.69, 9.17) is 9.47 Å². The maximum absolute atomic E-state index is 12.0. The van der Waals surface area contributed by atoms with Crippen LogP contribution < -0.4 is 5.32 Å². The van der Waals surface area contributed by atoms with Crippen LogP contribution in [0, 0.1) is 0 Å². The highest BCUT2D eigenvalue weighted by molar-refractivity contribution is 14.1. The molecule has 0 fully saturated rings. The third-order valence-electron chi connectivity index (χ3n) is 3.08. The van der Waals surface area contributed by atoms with Gasteiger partial charge < -0.3 is 9.47 Å². The van der Waals surface area contributed by atoms with Gasteiger partial charge in [0.25, 0.3) is 0 Å². The lowest BCUT2D eigenvalue weighted by atomic mass is 10.2. The van der Waals surface area contributed by atoms with Crippen molar-refractivity contribution in [3.63, 3.8) is 0 Å². The molecular weight excluding hydrogens is 421 g/mol. The van der Waals surface area contributed by atoms with Gasteiger partial charge in [0, 0.05) is 0 Å². The number of ether oxygens (including phenoxy) is 2. The van der Waals surface area contributed by atoms with Crippen LogP contribution in [0.15, 0.2) is 66.4 Å². The maximum atomic E-state index is 12.0. The number of nitrogens with one attached hydrogen (secondary N) is 1. The van der Waals surface area contributed by atoms with E-state index in [0.29, 0.717) is 3.58 Å². The summed E-state index contributed by atoms with van der Waals surface area (Å²) >= 11 is 1.99. The number of rotatable bonds is 5. The summed E-state index contributed by atoms with van der Waals surface area (Å²) in [5, 5.41) is 2.47. The normalized spacial score (nSPS) is 11.2. The van der Waals surface area contributed by atoms with Gasteiger partial charge in [0.05, 0.1) is 10.7 Å². The third kappa shape index (κ3) is 5.09. The summed E-state index contributed by atoms with van der Waals surface area (Å²) < 4.78 is 10.5. The molecule has 2 aromatic carbocycles. The monoisotopic (exact) mass is 437 g/mol. The molecule has 0 spiro atoms. The highest BCUT2D eigenvalue weighted by Crippen LogP contribution is 2.25. The summed E-state index contributed by atoms with van der Waals surface area (Å²) in [6.07, 6.45) is -0.718. The second-order valence-corrected chi connectivity index (χ2v) is 5.81. The van der Waals surface area contributed by atoms with Gasteiger partial charge in [-0.3, -0.25) is 5.32 Å². The van der Waals surface area contributed by atoms with Gasteiger partial charge in [0.2, 0.25) is 0 Å². The Bertz CT molecular complexity index is 729. The molecule has 0 atom stereocenters. The van der Waals surface area contributed by atoms with Gasteiger partial charge in [-0.1, -0.05) is 60.7 Å². The van der Waals surface area contributed by atoms with Crippen LogP contribution in [0.4, 0.5) is 4.79 Å². The molecule has 1 amide bonds. The first-order chi connectivity index (χ1) is 11.6. The first-order valence-electron chi connectivity index (χ1n) is 7.13. The first kappa shape index (κ1) is 18.0. The zero-order valence-electron chi connectivity index (χ0n) is 13.0. The van der Waals surface area contributed by atoms with Crippen LogP contribution in [-0.4, -0.2) is 19.2 Å². The molecule has 0 radical (unpaired) electrons. The standard InChI is InChI=1S/C18H16INO4/c1-23-17(21)16(15(19)14-10-6-3-7-11-14)20-18(22)24-12-13-8-4-2-5-9-13/h2-11H,12H2,1H3,(H,20,22)/b16-15-. The van der Waals surface area contributed by atoms with Gasteiger partial charge in [-0.2, -0.15) is 0 Å². The van der Waals surface area contributed by atoms with Crippen molar-refractivity contribution >= 4 is 38.2 Å². The zero-order chi connectivity index (χ0) is 17.4. The minimum atomic E-state index is -0.718. The summed E-state index contributed by atoms with van der Waals surface area (Å²) in [5.41, 5.74) is 1.69. The van der Waals surface area contributed by atoms with E-state index in [2.05, 4.69) is 5.32 Å². The number of hydrogen-bond acceptors (Lipinski definition) is 4. The molecule has 0 heterocycles. The van der Waals surface area contributed by atoms with Gasteiger partial charge in [-0.25, -0.2) is 9.59 Å². The number of alkyl carbamates (subject to hydrolysis) is 1. The van der Waals surface area contributed by atoms with Crippen molar-refractivity contribution < 1.29 is 19.1 Å². The van der Waals surface area contributed by atoms with E-state index in [1.807, 2.05) is 83.3 Å². The Hall–Kier alpha value is -2.35. The minimum Gasteiger partial charge on any atom is -0.464 e. The molecule has 2 rings (SSSR count). The van der Waals surface area contributed by atoms with Crippen LogP contribution in [0.2, 0.25) is 0 Å². The Kier molecular flexibility index (Phi) is 6.80. The Morgan fingerprint density at radius 2 is 1.58 bits per heavy atom. The van der Waals surface area contributed by atoms with Gasteiger partial charge in [-0.15, -0.1) is 0 Å². The molecule has 0 aliphatic carbocycles. The molecule has 0 bridgehead atoms. The van der Waals surface area contributed by atoms with E-state index in [0.717, 1.165) is 11.1 Å². The lowest BCUT2D eigenvalue weighted by Gasteiger charge is -2.12. The summed E-state index contributed by atoms with van der Waals surface area (Å²) in [6.45, 7) is 0.114. The summed E-state index contributed by atoms with van der Waals surface area (Å²) in [4.78, 5) is 24.0. The molecule has 0 aliphatic heterocycles. The molecular formula is C18H16INO4. The van der Waals surface area contributed by atoms with Gasteiger partial charge in [0.1, 0.15) is 12.3 Å². The number of halogens is 1. The number of esters is 1. The zero-order valence-corrected chi connectivity index (χ0v) is 15.1. The van der Waals surface area contributed by atoms with E-state index in [9.17, 15) is 9.59 Å². The van der Waals surface area contributed by atoms with Crippen molar-refractivity contribution in [1.29, 1.82) is 0 Å². The molecule has 0 aliphatic rings. The van der Waals surface area contributed by atoms with Gasteiger partial charge in [0.15, 0.2) is 0 Å². The number of hydrogen-bond donors (Lipinski definition) is 1. The predicted molar refractivity (Wildman–Crippen MR) is 99.2 cm³/mol. The fraction of sp³-hybridized carbons (Fsp3) is 0.111. The smallest absolute Gasteiger partial charge is 0.412 e. The van der Waals surface area contributed by atoms with Crippen molar-refractivity contribution in [3.8, 4) is 0 Å². The second-order valence-electron chi connectivity index (χ2n) is 4.73. The molecule has 0 saturated carbocycles. The van der Waals surface area contributed by atoms with Crippen molar-refractivity contribution in [3.05, 3.63) is 77.5 Å². The van der Waals surface area contributed by atoms with Crippen LogP contribution in [0.5, 0.6) is 0 Å². The Balaban J connectivity index is 2.11. The molecule has 0 saturated heterocycles. The second kappa shape index (κ2) is 9.07. The number of carbonyl (C=O) groups excluding carboxylic acids is 2. The van der Waals surface area contributed by atoms with Gasteiger partial charge in [-0.05, 0) is 33.7 Å². The SMILES string of the molecule is COC(=O)/C(NC(=O)OCc1ccccc1)=C(/I)c1ccccc1. The van der Waals surface area contributed by atoms with Gasteiger partial charge >= 0.3 is 12.1 Å². The predicted octanol–water partition coefficient (Wildman–Crippen LogP) is 3.89. The van der Waals surface area contributed by atoms with Crippen molar-refractivity contribution in [2.24, 2.45) is 0 Å². The van der Waals surface area contributed by atoms with Crippen LogP contribution in [-0.2, 0) is 20.9 Å². The Morgan fingerprint density at radius 1 is 1.00 bits per heavy atom. The fourth-order valence-corrected chi connectivity index (χ4v) is 2.60.